The Labute approximate surface area is 111 Å². The van der Waals surface area contributed by atoms with Crippen molar-refractivity contribution in [3.63, 3.8) is 0 Å². The fourth-order valence-corrected chi connectivity index (χ4v) is 2.48. The van der Waals surface area contributed by atoms with Crippen LogP contribution in [0.15, 0.2) is 11.8 Å². The molecule has 18 heavy (non-hydrogen) atoms. The summed E-state index contributed by atoms with van der Waals surface area (Å²) in [4.78, 5) is 11.2. The van der Waals surface area contributed by atoms with Gasteiger partial charge in [0, 0.05) is 0 Å². The van der Waals surface area contributed by atoms with Gasteiger partial charge in [-0.3, -0.25) is 0 Å². The van der Waals surface area contributed by atoms with E-state index in [2.05, 4.69) is 11.7 Å². The van der Waals surface area contributed by atoms with Gasteiger partial charge in [0.25, 0.3) is 0 Å². The molecule has 2 unspecified atom stereocenters. The predicted molar refractivity (Wildman–Crippen MR) is 72.1 cm³/mol. The van der Waals surface area contributed by atoms with Crippen LogP contribution in [0.25, 0.3) is 0 Å². The molecule has 0 bridgehead atoms. The van der Waals surface area contributed by atoms with Gasteiger partial charge in [0.15, 0.2) is 6.10 Å². The number of carbonyl (C=O) groups is 1. The number of rotatable bonds is 7. The van der Waals surface area contributed by atoms with Crippen LogP contribution in [0, 0.1) is 5.92 Å². The predicted octanol–water partition coefficient (Wildman–Crippen LogP) is 3.83. The highest BCUT2D eigenvalue weighted by Gasteiger charge is 2.21. The van der Waals surface area contributed by atoms with Crippen LogP contribution in [0.5, 0.6) is 0 Å². The summed E-state index contributed by atoms with van der Waals surface area (Å²) in [6.45, 7) is 3.95. The fraction of sp³-hybridized carbons (Fsp3) is 0.800. The summed E-state index contributed by atoms with van der Waals surface area (Å²) >= 11 is 0. The second-order valence-corrected chi connectivity index (χ2v) is 5.08. The summed E-state index contributed by atoms with van der Waals surface area (Å²) in [6, 6.07) is 0. The molecule has 3 nitrogen and oxygen atoms in total. The Morgan fingerprint density at radius 2 is 2.28 bits per heavy atom. The first-order valence-corrected chi connectivity index (χ1v) is 7.11. The Kier molecular flexibility index (Phi) is 6.84. The lowest BCUT2D eigenvalue weighted by Gasteiger charge is -2.14. The van der Waals surface area contributed by atoms with Crippen LogP contribution in [0.1, 0.15) is 58.8 Å². The number of carbonyl (C=O) groups excluding carboxylic acids is 1. The topological polar surface area (TPSA) is 35.5 Å². The van der Waals surface area contributed by atoms with Crippen molar-refractivity contribution >= 4 is 5.97 Å². The molecule has 0 saturated heterocycles. The summed E-state index contributed by atoms with van der Waals surface area (Å²) in [6.07, 6.45) is 10.1. The van der Waals surface area contributed by atoms with Crippen LogP contribution < -0.4 is 0 Å². The Morgan fingerprint density at radius 1 is 1.50 bits per heavy atom. The van der Waals surface area contributed by atoms with Gasteiger partial charge in [-0.2, -0.15) is 0 Å². The molecule has 0 aromatic carbocycles. The Morgan fingerprint density at radius 3 is 2.94 bits per heavy atom. The number of ether oxygens (including phenoxy) is 2. The van der Waals surface area contributed by atoms with Crippen molar-refractivity contribution in [3.8, 4) is 0 Å². The van der Waals surface area contributed by atoms with Crippen molar-refractivity contribution in [1.82, 2.24) is 0 Å². The maximum Gasteiger partial charge on any atom is 0.346 e. The summed E-state index contributed by atoms with van der Waals surface area (Å²) in [5.41, 5.74) is 1.38. The quantitative estimate of drug-likeness (QED) is 0.393. The maximum atomic E-state index is 11.2. The van der Waals surface area contributed by atoms with Crippen LogP contribution in [-0.4, -0.2) is 19.2 Å². The number of unbranched alkanes of at least 4 members (excludes halogenated alkanes) is 2. The minimum Gasteiger partial charge on any atom is -0.487 e. The van der Waals surface area contributed by atoms with Gasteiger partial charge < -0.3 is 9.47 Å². The van der Waals surface area contributed by atoms with E-state index < -0.39 is 6.10 Å². The van der Waals surface area contributed by atoms with Gasteiger partial charge in [-0.05, 0) is 44.1 Å². The molecule has 0 spiro atoms. The Balaban J connectivity index is 2.40. The normalized spacial score (nSPS) is 23.1. The fourth-order valence-electron chi connectivity index (χ4n) is 2.48. The molecular formula is C15H26O3. The molecule has 0 aromatic heterocycles. The van der Waals surface area contributed by atoms with Crippen molar-refractivity contribution in [2.75, 3.05) is 7.11 Å². The first-order chi connectivity index (χ1) is 8.69. The highest BCUT2D eigenvalue weighted by atomic mass is 16.6. The van der Waals surface area contributed by atoms with Gasteiger partial charge in [0.05, 0.1) is 13.4 Å². The van der Waals surface area contributed by atoms with E-state index in [1.807, 2.05) is 6.26 Å². The molecular weight excluding hydrogens is 228 g/mol. The zero-order chi connectivity index (χ0) is 13.4. The standard InChI is InChI=1S/C15H26O3/c1-4-5-6-8-13-9-7-10-14(13)11-18-12(2)15(16)17-3/h11-13H,4-10H2,1-3H3. The van der Waals surface area contributed by atoms with E-state index in [-0.39, 0.29) is 5.97 Å². The van der Waals surface area contributed by atoms with Gasteiger partial charge >= 0.3 is 5.97 Å². The van der Waals surface area contributed by atoms with Crippen LogP contribution in [0.2, 0.25) is 0 Å². The highest BCUT2D eigenvalue weighted by Crippen LogP contribution is 2.34. The second kappa shape index (κ2) is 8.17. The number of hydrogen-bond donors (Lipinski definition) is 0. The van der Waals surface area contributed by atoms with E-state index in [1.54, 1.807) is 6.92 Å². The van der Waals surface area contributed by atoms with Gasteiger partial charge in [0.1, 0.15) is 0 Å². The third-order valence-electron chi connectivity index (χ3n) is 3.66. The van der Waals surface area contributed by atoms with Gasteiger partial charge in [0.2, 0.25) is 0 Å². The van der Waals surface area contributed by atoms with Crippen molar-refractivity contribution < 1.29 is 14.3 Å². The van der Waals surface area contributed by atoms with Gasteiger partial charge in [-0.25, -0.2) is 4.79 Å². The molecule has 0 heterocycles. The van der Waals surface area contributed by atoms with E-state index in [0.29, 0.717) is 5.92 Å². The molecule has 3 heteroatoms. The number of methoxy groups -OCH3 is 1. The second-order valence-electron chi connectivity index (χ2n) is 5.08. The van der Waals surface area contributed by atoms with Crippen LogP contribution in [0.4, 0.5) is 0 Å². The molecule has 1 aliphatic rings. The monoisotopic (exact) mass is 254 g/mol. The third kappa shape index (κ3) is 4.71. The van der Waals surface area contributed by atoms with Crippen LogP contribution >= 0.6 is 0 Å². The lowest BCUT2D eigenvalue weighted by atomic mass is 9.96. The Bertz CT molecular complexity index is 283. The van der Waals surface area contributed by atoms with Crippen molar-refractivity contribution in [2.45, 2.75) is 64.9 Å². The summed E-state index contributed by atoms with van der Waals surface area (Å²) < 4.78 is 10.1. The minimum absolute atomic E-state index is 0.313. The SMILES string of the molecule is CCCCCC1CCCC1=COC(C)C(=O)OC. The molecule has 2 atom stereocenters. The first kappa shape index (κ1) is 15.1. The van der Waals surface area contributed by atoms with Gasteiger partial charge in [-0.15, -0.1) is 0 Å². The van der Waals surface area contributed by atoms with Crippen molar-refractivity contribution in [2.24, 2.45) is 5.92 Å². The Hall–Kier alpha value is -0.990. The molecule has 0 amide bonds. The number of allylic oxidation sites excluding steroid dienone is 1. The molecule has 1 saturated carbocycles. The number of hydrogen-bond acceptors (Lipinski definition) is 3. The average molecular weight is 254 g/mol. The smallest absolute Gasteiger partial charge is 0.346 e. The molecule has 1 rings (SSSR count). The molecule has 0 aliphatic heterocycles. The maximum absolute atomic E-state index is 11.2. The summed E-state index contributed by atoms with van der Waals surface area (Å²) in [5.74, 6) is 0.355. The number of esters is 1. The minimum atomic E-state index is -0.501. The third-order valence-corrected chi connectivity index (χ3v) is 3.66. The first-order valence-electron chi connectivity index (χ1n) is 7.11. The van der Waals surface area contributed by atoms with E-state index in [0.717, 1.165) is 6.42 Å². The van der Waals surface area contributed by atoms with Crippen molar-refractivity contribution in [3.05, 3.63) is 11.8 Å². The average Bonchev–Trinajstić information content (AvgIpc) is 2.83. The van der Waals surface area contributed by atoms with Crippen molar-refractivity contribution in [1.29, 1.82) is 0 Å². The lowest BCUT2D eigenvalue weighted by Crippen LogP contribution is -2.20. The largest absolute Gasteiger partial charge is 0.487 e. The summed E-state index contributed by atoms with van der Waals surface area (Å²) in [7, 11) is 1.39. The zero-order valence-corrected chi connectivity index (χ0v) is 11.9. The zero-order valence-electron chi connectivity index (χ0n) is 11.9. The van der Waals surface area contributed by atoms with E-state index in [1.165, 1.54) is 51.2 Å². The van der Waals surface area contributed by atoms with Gasteiger partial charge in [-0.1, -0.05) is 26.2 Å². The van der Waals surface area contributed by atoms with E-state index >= 15 is 0 Å². The highest BCUT2D eigenvalue weighted by molar-refractivity contribution is 5.74. The van der Waals surface area contributed by atoms with E-state index in [4.69, 9.17) is 4.74 Å². The molecule has 104 valence electrons. The molecule has 1 fully saturated rings. The van der Waals surface area contributed by atoms with E-state index in [9.17, 15) is 4.79 Å². The molecule has 1 aliphatic carbocycles. The van der Waals surface area contributed by atoms with Crippen LogP contribution in [0.3, 0.4) is 0 Å². The summed E-state index contributed by atoms with van der Waals surface area (Å²) in [5, 5.41) is 0. The van der Waals surface area contributed by atoms with Crippen LogP contribution in [-0.2, 0) is 14.3 Å². The molecule has 0 radical (unpaired) electrons. The lowest BCUT2D eigenvalue weighted by molar-refractivity contribution is -0.149. The molecule has 0 N–H and O–H groups in total. The molecule has 0 aromatic rings.